The summed E-state index contributed by atoms with van der Waals surface area (Å²) in [5, 5.41) is 1.12. The molecule has 1 N–H and O–H groups in total. The topological polar surface area (TPSA) is 53.2 Å². The molecule has 0 radical (unpaired) electrons. The molecule has 4 nitrogen and oxygen atoms in total. The first-order chi connectivity index (χ1) is 12.9. The number of nitrogens with one attached hydrogen (secondary N) is 1. The number of fused-ring (bicyclic) bond motifs is 1. The lowest BCUT2D eigenvalue weighted by molar-refractivity contribution is 0.500. The lowest BCUT2D eigenvalue weighted by atomic mass is 10.1. The van der Waals surface area contributed by atoms with Crippen LogP contribution in [0.4, 0.5) is 0 Å². The molecule has 0 aliphatic carbocycles. The molecule has 2 aromatic carbocycles. The first-order valence-corrected chi connectivity index (χ1v) is 10.3. The van der Waals surface area contributed by atoms with Crippen molar-refractivity contribution in [2.45, 2.75) is 25.2 Å². The summed E-state index contributed by atoms with van der Waals surface area (Å²) in [6.07, 6.45) is 5.88. The van der Waals surface area contributed by atoms with Crippen LogP contribution in [-0.4, -0.2) is 24.3 Å². The summed E-state index contributed by atoms with van der Waals surface area (Å²) in [7, 11) is -3.62. The van der Waals surface area contributed by atoms with Crippen molar-refractivity contribution in [2.75, 3.05) is 6.54 Å². The molecule has 0 aliphatic rings. The summed E-state index contributed by atoms with van der Waals surface area (Å²) in [6, 6.07) is 15.0. The Morgan fingerprint density at radius 2 is 1.85 bits per heavy atom. The SMILES string of the molecule is C=C(C)/C=C/N(CCc1c[nH]c2ccccc12)S(=O)(=O)c1ccc(C)cc1. The summed E-state index contributed by atoms with van der Waals surface area (Å²) in [4.78, 5) is 3.53. The third-order valence-corrected chi connectivity index (χ3v) is 6.22. The molecular formula is C22H24N2O2S. The Balaban J connectivity index is 1.89. The number of nitrogens with zero attached hydrogens (tertiary/aromatic N) is 1. The first kappa shape index (κ1) is 19.0. The Hall–Kier alpha value is -2.79. The Morgan fingerprint density at radius 3 is 2.56 bits per heavy atom. The Morgan fingerprint density at radius 1 is 1.15 bits per heavy atom. The number of aromatic nitrogens is 1. The molecule has 0 aliphatic heterocycles. The molecule has 3 aromatic rings. The van der Waals surface area contributed by atoms with Crippen LogP contribution < -0.4 is 0 Å². The van der Waals surface area contributed by atoms with Gasteiger partial charge in [0, 0.05) is 29.8 Å². The van der Waals surface area contributed by atoms with Crippen molar-refractivity contribution in [2.24, 2.45) is 0 Å². The van der Waals surface area contributed by atoms with Crippen LogP contribution in [0.15, 0.2) is 84.1 Å². The molecule has 0 amide bonds. The van der Waals surface area contributed by atoms with E-state index in [0.717, 1.165) is 27.6 Å². The summed E-state index contributed by atoms with van der Waals surface area (Å²) in [5.41, 5.74) is 3.97. The molecule has 1 heterocycles. The number of aryl methyl sites for hydroxylation is 1. The molecule has 0 saturated heterocycles. The van der Waals surface area contributed by atoms with E-state index in [2.05, 4.69) is 11.6 Å². The van der Waals surface area contributed by atoms with E-state index in [-0.39, 0.29) is 0 Å². The van der Waals surface area contributed by atoms with Crippen LogP contribution in [0.5, 0.6) is 0 Å². The fraction of sp³-hybridized carbons (Fsp3) is 0.182. The van der Waals surface area contributed by atoms with E-state index in [1.807, 2.05) is 56.4 Å². The lowest BCUT2D eigenvalue weighted by Gasteiger charge is -2.20. The number of hydrogen-bond donors (Lipinski definition) is 1. The molecule has 140 valence electrons. The minimum Gasteiger partial charge on any atom is -0.361 e. The minimum absolute atomic E-state index is 0.290. The van der Waals surface area contributed by atoms with Crippen LogP contribution in [0, 0.1) is 6.92 Å². The van der Waals surface area contributed by atoms with Gasteiger partial charge in [-0.3, -0.25) is 4.31 Å². The van der Waals surface area contributed by atoms with E-state index in [1.165, 1.54) is 4.31 Å². The van der Waals surface area contributed by atoms with Gasteiger partial charge in [0.1, 0.15) is 0 Å². The van der Waals surface area contributed by atoms with Crippen LogP contribution >= 0.6 is 0 Å². The monoisotopic (exact) mass is 380 g/mol. The van der Waals surface area contributed by atoms with Crippen LogP contribution in [0.3, 0.4) is 0 Å². The number of hydrogen-bond acceptors (Lipinski definition) is 2. The Kier molecular flexibility index (Phi) is 5.51. The second kappa shape index (κ2) is 7.84. The molecule has 5 heteroatoms. The van der Waals surface area contributed by atoms with Crippen LogP contribution in [0.1, 0.15) is 18.1 Å². The largest absolute Gasteiger partial charge is 0.361 e. The van der Waals surface area contributed by atoms with E-state index in [9.17, 15) is 8.42 Å². The normalized spacial score (nSPS) is 11.9. The molecule has 0 fully saturated rings. The summed E-state index contributed by atoms with van der Waals surface area (Å²) in [5.74, 6) is 0. The number of H-pyrrole nitrogens is 1. The van der Waals surface area contributed by atoms with E-state index in [0.29, 0.717) is 17.9 Å². The van der Waals surface area contributed by atoms with Crippen LogP contribution in [-0.2, 0) is 16.4 Å². The molecule has 0 saturated carbocycles. The molecule has 3 rings (SSSR count). The van der Waals surface area contributed by atoms with Crippen molar-refractivity contribution in [1.82, 2.24) is 9.29 Å². The number of para-hydroxylation sites is 1. The Labute approximate surface area is 160 Å². The van der Waals surface area contributed by atoms with Crippen molar-refractivity contribution < 1.29 is 8.42 Å². The maximum absolute atomic E-state index is 13.1. The van der Waals surface area contributed by atoms with E-state index < -0.39 is 10.0 Å². The quantitative estimate of drug-likeness (QED) is 0.599. The van der Waals surface area contributed by atoms with Crippen molar-refractivity contribution in [1.29, 1.82) is 0 Å². The summed E-state index contributed by atoms with van der Waals surface area (Å²) >= 11 is 0. The molecule has 1 aromatic heterocycles. The molecule has 0 atom stereocenters. The second-order valence-corrected chi connectivity index (χ2v) is 8.59. The van der Waals surface area contributed by atoms with Gasteiger partial charge in [0.25, 0.3) is 10.0 Å². The summed E-state index contributed by atoms with van der Waals surface area (Å²) < 4.78 is 27.6. The standard InChI is InChI=1S/C22H24N2O2S/c1-17(2)12-14-24(27(25,26)20-10-8-18(3)9-11-20)15-13-19-16-23-22-7-5-4-6-21(19)22/h4-12,14,16,23H,1,13,15H2,2-3H3/b14-12+. The third-order valence-electron chi connectivity index (χ3n) is 4.43. The smallest absolute Gasteiger partial charge is 0.263 e. The zero-order valence-corrected chi connectivity index (χ0v) is 16.5. The van der Waals surface area contributed by atoms with Gasteiger partial charge in [0.2, 0.25) is 0 Å². The number of sulfonamides is 1. The number of rotatable bonds is 7. The van der Waals surface area contributed by atoms with Crippen LogP contribution in [0.25, 0.3) is 10.9 Å². The second-order valence-electron chi connectivity index (χ2n) is 6.70. The maximum Gasteiger partial charge on any atom is 0.263 e. The van der Waals surface area contributed by atoms with Gasteiger partial charge in [0.15, 0.2) is 0 Å². The highest BCUT2D eigenvalue weighted by atomic mass is 32.2. The van der Waals surface area contributed by atoms with Gasteiger partial charge < -0.3 is 4.98 Å². The van der Waals surface area contributed by atoms with Crippen molar-refractivity contribution in [3.05, 3.63) is 90.3 Å². The first-order valence-electron chi connectivity index (χ1n) is 8.85. The van der Waals surface area contributed by atoms with Gasteiger partial charge in [-0.05, 0) is 50.1 Å². The van der Waals surface area contributed by atoms with Gasteiger partial charge in [-0.2, -0.15) is 0 Å². The number of aromatic amines is 1. The summed E-state index contributed by atoms with van der Waals surface area (Å²) in [6.45, 7) is 7.96. The average molecular weight is 381 g/mol. The zero-order valence-electron chi connectivity index (χ0n) is 15.6. The van der Waals surface area contributed by atoms with Gasteiger partial charge in [-0.25, -0.2) is 8.42 Å². The fourth-order valence-electron chi connectivity index (χ4n) is 2.90. The van der Waals surface area contributed by atoms with Crippen LogP contribution in [0.2, 0.25) is 0 Å². The van der Waals surface area contributed by atoms with Crippen molar-refractivity contribution in [3.63, 3.8) is 0 Å². The highest BCUT2D eigenvalue weighted by molar-refractivity contribution is 7.89. The Bertz CT molecular complexity index is 1080. The van der Waals surface area contributed by atoms with Crippen molar-refractivity contribution >= 4 is 20.9 Å². The van der Waals surface area contributed by atoms with Crippen molar-refractivity contribution in [3.8, 4) is 0 Å². The third kappa shape index (κ3) is 4.31. The predicted octanol–water partition coefficient (Wildman–Crippen LogP) is 4.80. The van der Waals surface area contributed by atoms with Gasteiger partial charge in [-0.15, -0.1) is 0 Å². The fourth-order valence-corrected chi connectivity index (χ4v) is 4.20. The number of allylic oxidation sites excluding steroid dienone is 2. The predicted molar refractivity (Wildman–Crippen MR) is 111 cm³/mol. The van der Waals surface area contributed by atoms with Gasteiger partial charge in [-0.1, -0.05) is 48.0 Å². The van der Waals surface area contributed by atoms with E-state index >= 15 is 0 Å². The molecule has 0 unspecified atom stereocenters. The van der Waals surface area contributed by atoms with Gasteiger partial charge >= 0.3 is 0 Å². The molecule has 0 bridgehead atoms. The molecular weight excluding hydrogens is 356 g/mol. The molecule has 27 heavy (non-hydrogen) atoms. The van der Waals surface area contributed by atoms with Gasteiger partial charge in [0.05, 0.1) is 4.90 Å². The minimum atomic E-state index is -3.62. The van der Waals surface area contributed by atoms with E-state index in [4.69, 9.17) is 0 Å². The highest BCUT2D eigenvalue weighted by Crippen LogP contribution is 2.21. The van der Waals surface area contributed by atoms with E-state index in [1.54, 1.807) is 24.4 Å². The average Bonchev–Trinajstić information content (AvgIpc) is 3.05. The lowest BCUT2D eigenvalue weighted by Crippen LogP contribution is -2.28. The highest BCUT2D eigenvalue weighted by Gasteiger charge is 2.21. The maximum atomic E-state index is 13.1. The number of benzene rings is 2. The zero-order chi connectivity index (χ0) is 19.4. The molecule has 0 spiro atoms.